The number of carbonyl (C=O) groups is 2. The monoisotopic (exact) mass is 265 g/mol. The summed E-state index contributed by atoms with van der Waals surface area (Å²) in [4.78, 5) is 24.2. The van der Waals surface area contributed by atoms with Crippen molar-refractivity contribution >= 4 is 18.0 Å². The number of aromatic nitrogens is 2. The molecular formula is C12H15N3O4. The minimum absolute atomic E-state index is 0.0733. The second-order valence-electron chi connectivity index (χ2n) is 4.19. The molecule has 1 atom stereocenters. The van der Waals surface area contributed by atoms with Gasteiger partial charge in [-0.05, 0) is 12.1 Å². The topological polar surface area (TPSA) is 84.7 Å². The first kappa shape index (κ1) is 13.3. The fraction of sp³-hybridized carbons (Fsp3) is 0.417. The van der Waals surface area contributed by atoms with E-state index in [4.69, 9.17) is 9.84 Å². The zero-order valence-electron chi connectivity index (χ0n) is 10.5. The third kappa shape index (κ3) is 3.19. The van der Waals surface area contributed by atoms with Crippen LogP contribution in [0.4, 0.5) is 0 Å². The lowest BCUT2D eigenvalue weighted by Crippen LogP contribution is -2.48. The van der Waals surface area contributed by atoms with Crippen molar-refractivity contribution in [3.63, 3.8) is 0 Å². The van der Waals surface area contributed by atoms with Crippen molar-refractivity contribution in [1.82, 2.24) is 14.7 Å². The van der Waals surface area contributed by atoms with Crippen molar-refractivity contribution in [1.29, 1.82) is 0 Å². The minimum Gasteiger partial charge on any atom is -0.479 e. The second-order valence-corrected chi connectivity index (χ2v) is 4.19. The number of hydrogen-bond donors (Lipinski definition) is 1. The zero-order chi connectivity index (χ0) is 13.8. The van der Waals surface area contributed by atoms with Gasteiger partial charge in [0.1, 0.15) is 0 Å². The number of carboxylic acid groups (broad SMARTS) is 1. The molecule has 1 aromatic heterocycles. The van der Waals surface area contributed by atoms with Crippen molar-refractivity contribution in [2.24, 2.45) is 7.05 Å². The Morgan fingerprint density at radius 2 is 2.37 bits per heavy atom. The number of amides is 1. The van der Waals surface area contributed by atoms with Crippen LogP contribution >= 0.6 is 0 Å². The van der Waals surface area contributed by atoms with Crippen molar-refractivity contribution in [2.45, 2.75) is 6.10 Å². The van der Waals surface area contributed by atoms with E-state index >= 15 is 0 Å². The Kier molecular flexibility index (Phi) is 3.96. The lowest BCUT2D eigenvalue weighted by Gasteiger charge is -2.30. The first-order valence-electron chi connectivity index (χ1n) is 5.87. The average molecular weight is 265 g/mol. The lowest BCUT2D eigenvalue weighted by molar-refractivity contribution is -0.158. The quantitative estimate of drug-likeness (QED) is 0.761. The Bertz CT molecular complexity index is 509. The molecule has 0 saturated carbocycles. The number of carbonyl (C=O) groups excluding carboxylic acids is 1. The molecule has 1 aromatic rings. The summed E-state index contributed by atoms with van der Waals surface area (Å²) in [5.41, 5.74) is 0.802. The molecule has 7 heteroatoms. The molecule has 0 radical (unpaired) electrons. The molecule has 1 amide bonds. The molecule has 2 rings (SSSR count). The molecule has 1 aliphatic heterocycles. The molecule has 0 aromatic carbocycles. The maximum Gasteiger partial charge on any atom is 0.334 e. The van der Waals surface area contributed by atoms with Gasteiger partial charge in [0.15, 0.2) is 6.10 Å². The standard InChI is InChI=1S/C12H15N3O4/c1-14-9(4-5-13-14)2-3-11(16)15-6-7-19-10(8-15)12(17)18/h2-5,10H,6-8H2,1H3,(H,17,18). The molecule has 2 heterocycles. The predicted octanol–water partition coefficient (Wildman–Crippen LogP) is -0.255. The van der Waals surface area contributed by atoms with Gasteiger partial charge in [0, 0.05) is 25.9 Å². The molecule has 1 unspecified atom stereocenters. The van der Waals surface area contributed by atoms with Crippen LogP contribution in [0.3, 0.4) is 0 Å². The van der Waals surface area contributed by atoms with E-state index in [9.17, 15) is 9.59 Å². The van der Waals surface area contributed by atoms with Crippen LogP contribution in [0.2, 0.25) is 0 Å². The number of ether oxygens (including phenoxy) is 1. The third-order valence-electron chi connectivity index (χ3n) is 2.91. The Balaban J connectivity index is 1.98. The fourth-order valence-electron chi connectivity index (χ4n) is 1.81. The summed E-state index contributed by atoms with van der Waals surface area (Å²) in [6.07, 6.45) is 3.77. The van der Waals surface area contributed by atoms with Gasteiger partial charge in [0.25, 0.3) is 0 Å². The van der Waals surface area contributed by atoms with Crippen LogP contribution in [0.25, 0.3) is 6.08 Å². The molecule has 102 valence electrons. The van der Waals surface area contributed by atoms with Crippen LogP contribution in [0.1, 0.15) is 5.69 Å². The van der Waals surface area contributed by atoms with Crippen LogP contribution in [-0.2, 0) is 21.4 Å². The Morgan fingerprint density at radius 3 is 3.00 bits per heavy atom. The lowest BCUT2D eigenvalue weighted by atomic mass is 10.2. The van der Waals surface area contributed by atoms with E-state index in [0.717, 1.165) is 5.69 Å². The second kappa shape index (κ2) is 5.66. The first-order valence-corrected chi connectivity index (χ1v) is 5.87. The van der Waals surface area contributed by atoms with E-state index in [-0.39, 0.29) is 19.1 Å². The van der Waals surface area contributed by atoms with Gasteiger partial charge in [0.05, 0.1) is 18.8 Å². The minimum atomic E-state index is -1.05. The SMILES string of the molecule is Cn1nccc1C=CC(=O)N1CCOC(C(=O)O)C1. The number of hydrogen-bond acceptors (Lipinski definition) is 4. The van der Waals surface area contributed by atoms with Crippen LogP contribution in [0, 0.1) is 0 Å². The maximum atomic E-state index is 11.9. The number of nitrogens with zero attached hydrogens (tertiary/aromatic N) is 3. The van der Waals surface area contributed by atoms with E-state index in [2.05, 4.69) is 5.10 Å². The Labute approximate surface area is 110 Å². The Morgan fingerprint density at radius 1 is 1.58 bits per heavy atom. The summed E-state index contributed by atoms with van der Waals surface area (Å²) in [5, 5.41) is 12.8. The van der Waals surface area contributed by atoms with Crippen LogP contribution in [-0.4, -0.2) is 57.5 Å². The van der Waals surface area contributed by atoms with E-state index < -0.39 is 12.1 Å². The average Bonchev–Trinajstić information content (AvgIpc) is 2.81. The summed E-state index contributed by atoms with van der Waals surface area (Å²) in [6.45, 7) is 0.713. The van der Waals surface area contributed by atoms with E-state index in [1.165, 1.54) is 11.0 Å². The van der Waals surface area contributed by atoms with Gasteiger partial charge >= 0.3 is 5.97 Å². The first-order chi connectivity index (χ1) is 9.08. The van der Waals surface area contributed by atoms with Gasteiger partial charge in [-0.2, -0.15) is 5.10 Å². The van der Waals surface area contributed by atoms with Gasteiger partial charge in [-0.15, -0.1) is 0 Å². The Hall–Kier alpha value is -2.15. The number of carboxylic acids is 1. The van der Waals surface area contributed by atoms with Crippen LogP contribution in [0.15, 0.2) is 18.3 Å². The van der Waals surface area contributed by atoms with E-state index in [0.29, 0.717) is 6.54 Å². The highest BCUT2D eigenvalue weighted by molar-refractivity contribution is 5.92. The largest absolute Gasteiger partial charge is 0.479 e. The fourth-order valence-corrected chi connectivity index (χ4v) is 1.81. The van der Waals surface area contributed by atoms with E-state index in [1.807, 2.05) is 0 Å². The summed E-state index contributed by atoms with van der Waals surface area (Å²) in [5.74, 6) is -1.27. The highest BCUT2D eigenvalue weighted by Gasteiger charge is 2.27. The molecule has 19 heavy (non-hydrogen) atoms. The normalized spacial score (nSPS) is 19.8. The molecule has 7 nitrogen and oxygen atoms in total. The summed E-state index contributed by atoms with van der Waals surface area (Å²) in [6, 6.07) is 1.78. The molecular weight excluding hydrogens is 250 g/mol. The maximum absolute atomic E-state index is 11.9. The summed E-state index contributed by atoms with van der Waals surface area (Å²) >= 11 is 0. The molecule has 1 saturated heterocycles. The molecule has 1 aliphatic rings. The number of rotatable bonds is 3. The van der Waals surface area contributed by atoms with E-state index in [1.54, 1.807) is 30.1 Å². The van der Waals surface area contributed by atoms with Gasteiger partial charge in [-0.25, -0.2) is 4.79 Å². The molecule has 0 aliphatic carbocycles. The zero-order valence-corrected chi connectivity index (χ0v) is 10.5. The van der Waals surface area contributed by atoms with Gasteiger partial charge in [-0.1, -0.05) is 0 Å². The summed E-state index contributed by atoms with van der Waals surface area (Å²) < 4.78 is 6.70. The van der Waals surface area contributed by atoms with Crippen molar-refractivity contribution in [3.8, 4) is 0 Å². The third-order valence-corrected chi connectivity index (χ3v) is 2.91. The molecule has 1 N–H and O–H groups in total. The van der Waals surface area contributed by atoms with Gasteiger partial charge in [-0.3, -0.25) is 9.48 Å². The van der Waals surface area contributed by atoms with Crippen molar-refractivity contribution < 1.29 is 19.4 Å². The van der Waals surface area contributed by atoms with Gasteiger partial charge in [0.2, 0.25) is 5.91 Å². The van der Waals surface area contributed by atoms with Crippen LogP contribution < -0.4 is 0 Å². The smallest absolute Gasteiger partial charge is 0.334 e. The highest BCUT2D eigenvalue weighted by atomic mass is 16.5. The number of aliphatic carboxylic acids is 1. The highest BCUT2D eigenvalue weighted by Crippen LogP contribution is 2.07. The molecule has 1 fully saturated rings. The number of aryl methyl sites for hydroxylation is 1. The molecule has 0 spiro atoms. The summed E-state index contributed by atoms with van der Waals surface area (Å²) in [7, 11) is 1.78. The van der Waals surface area contributed by atoms with Crippen molar-refractivity contribution in [3.05, 3.63) is 24.0 Å². The molecule has 0 bridgehead atoms. The van der Waals surface area contributed by atoms with Crippen LogP contribution in [0.5, 0.6) is 0 Å². The van der Waals surface area contributed by atoms with Crippen molar-refractivity contribution in [2.75, 3.05) is 19.7 Å². The van der Waals surface area contributed by atoms with Gasteiger partial charge < -0.3 is 14.7 Å². The predicted molar refractivity (Wildman–Crippen MR) is 66.2 cm³/mol. The number of morpholine rings is 1.